The third kappa shape index (κ3) is 3.18. The molecule has 4 atom stereocenters. The minimum atomic E-state index is 0.232. The van der Waals surface area contributed by atoms with Crippen LogP contribution in [0.25, 0.3) is 0 Å². The highest BCUT2D eigenvalue weighted by Gasteiger charge is 2.39. The fourth-order valence-corrected chi connectivity index (χ4v) is 6.02. The Balaban J connectivity index is 1.21. The van der Waals surface area contributed by atoms with Gasteiger partial charge in [-0.15, -0.1) is 0 Å². The molecule has 0 aliphatic carbocycles. The van der Waals surface area contributed by atoms with Gasteiger partial charge in [0.1, 0.15) is 11.5 Å². The molecule has 6 heteroatoms. The lowest BCUT2D eigenvalue weighted by atomic mass is 9.83. The molecule has 0 radical (unpaired) electrons. The second-order valence-corrected chi connectivity index (χ2v) is 9.48. The summed E-state index contributed by atoms with van der Waals surface area (Å²) in [7, 11) is 0. The van der Waals surface area contributed by atoms with E-state index in [4.69, 9.17) is 9.15 Å². The number of furan rings is 1. The number of fused-ring (bicyclic) bond motifs is 6. The van der Waals surface area contributed by atoms with E-state index in [9.17, 15) is 4.79 Å². The molecule has 0 unspecified atom stereocenters. The Labute approximate surface area is 171 Å². The molecule has 3 fully saturated rings. The lowest BCUT2D eigenvalue weighted by molar-refractivity contribution is 0.0270. The van der Waals surface area contributed by atoms with Crippen molar-refractivity contribution in [3.8, 4) is 0 Å². The van der Waals surface area contributed by atoms with Gasteiger partial charge in [0.2, 0.25) is 0 Å². The van der Waals surface area contributed by atoms with Gasteiger partial charge in [-0.25, -0.2) is 0 Å². The summed E-state index contributed by atoms with van der Waals surface area (Å²) in [6.45, 7) is 8.31. The number of hydrogen-bond donors (Lipinski definition) is 0. The number of aryl methyl sites for hydroxylation is 1. The van der Waals surface area contributed by atoms with Crippen molar-refractivity contribution in [2.45, 2.75) is 57.5 Å². The Morgan fingerprint density at radius 2 is 1.97 bits per heavy atom. The quantitative estimate of drug-likeness (QED) is 0.795. The topological polar surface area (TPSA) is 50.9 Å². The third-order valence-electron chi connectivity index (χ3n) is 7.32. The van der Waals surface area contributed by atoms with Crippen LogP contribution in [0.15, 0.2) is 33.5 Å². The number of aromatic nitrogens is 1. The summed E-state index contributed by atoms with van der Waals surface area (Å²) >= 11 is 0. The average Bonchev–Trinajstić information content (AvgIpc) is 3.42. The number of ether oxygens (including phenoxy) is 1. The first kappa shape index (κ1) is 17.9. The van der Waals surface area contributed by atoms with E-state index in [1.54, 1.807) is 0 Å². The van der Waals surface area contributed by atoms with Crippen LogP contribution in [0.3, 0.4) is 0 Å². The molecule has 4 bridgehead atoms. The largest absolute Gasteiger partial charge is 0.465 e. The lowest BCUT2D eigenvalue weighted by Gasteiger charge is -2.42. The first-order valence-corrected chi connectivity index (χ1v) is 11.0. The molecule has 0 spiro atoms. The number of pyridine rings is 1. The predicted octanol–water partition coefficient (Wildman–Crippen LogP) is 2.34. The molecule has 4 aliphatic rings. The maximum absolute atomic E-state index is 13.3. The van der Waals surface area contributed by atoms with Gasteiger partial charge >= 0.3 is 0 Å². The van der Waals surface area contributed by atoms with Crippen LogP contribution >= 0.6 is 0 Å². The van der Waals surface area contributed by atoms with Gasteiger partial charge in [0, 0.05) is 55.9 Å². The standard InChI is InChI=1S/C23H29N3O3/c1-15-2-4-20(29-15)12-24-8-16-6-18(10-24)22-5-3-17(23(27)26(22)9-16)11-25-13-21-7-19(25)14-28-21/h2-5,16,18-19,21H,6-14H2,1H3/t16-,18+,19+,21+/m0/s1. The zero-order valence-electron chi connectivity index (χ0n) is 17.0. The summed E-state index contributed by atoms with van der Waals surface area (Å²) in [4.78, 5) is 18.2. The number of likely N-dealkylation sites (tertiary alicyclic amines) is 2. The summed E-state index contributed by atoms with van der Waals surface area (Å²) < 4.78 is 13.6. The molecule has 154 valence electrons. The molecule has 0 aromatic carbocycles. The fourth-order valence-electron chi connectivity index (χ4n) is 6.02. The second-order valence-electron chi connectivity index (χ2n) is 9.48. The molecule has 2 aromatic rings. The zero-order valence-corrected chi connectivity index (χ0v) is 17.0. The van der Waals surface area contributed by atoms with E-state index in [0.717, 1.165) is 69.4 Å². The predicted molar refractivity (Wildman–Crippen MR) is 109 cm³/mol. The number of nitrogens with zero attached hydrogens (tertiary/aromatic N) is 3. The highest BCUT2D eigenvalue weighted by atomic mass is 16.5. The normalized spacial score (nSPS) is 31.3. The molecular formula is C23H29N3O3. The van der Waals surface area contributed by atoms with Gasteiger partial charge in [0.15, 0.2) is 0 Å². The first-order valence-electron chi connectivity index (χ1n) is 11.0. The van der Waals surface area contributed by atoms with Crippen LogP contribution in [0.4, 0.5) is 0 Å². The Kier molecular flexibility index (Phi) is 4.22. The minimum Gasteiger partial charge on any atom is -0.465 e. The first-order chi connectivity index (χ1) is 14.1. The number of hydrogen-bond acceptors (Lipinski definition) is 5. The maximum atomic E-state index is 13.3. The summed E-state index contributed by atoms with van der Waals surface area (Å²) in [5, 5.41) is 0. The fraction of sp³-hybridized carbons (Fsp3) is 0.609. The van der Waals surface area contributed by atoms with E-state index >= 15 is 0 Å². The van der Waals surface area contributed by atoms with E-state index in [0.29, 0.717) is 24.0 Å². The van der Waals surface area contributed by atoms with Crippen LogP contribution in [0.2, 0.25) is 0 Å². The Bertz CT molecular complexity index is 980. The monoisotopic (exact) mass is 395 g/mol. The van der Waals surface area contributed by atoms with Crippen molar-refractivity contribution in [3.63, 3.8) is 0 Å². The van der Waals surface area contributed by atoms with Gasteiger partial charge in [-0.2, -0.15) is 0 Å². The van der Waals surface area contributed by atoms with Gasteiger partial charge in [-0.05, 0) is 43.9 Å². The number of rotatable bonds is 4. The van der Waals surface area contributed by atoms with Crippen molar-refractivity contribution >= 4 is 0 Å². The summed E-state index contributed by atoms with van der Waals surface area (Å²) in [5.74, 6) is 3.00. The zero-order chi connectivity index (χ0) is 19.5. The van der Waals surface area contributed by atoms with Crippen molar-refractivity contribution in [1.82, 2.24) is 14.4 Å². The smallest absolute Gasteiger partial charge is 0.255 e. The summed E-state index contributed by atoms with van der Waals surface area (Å²) in [6, 6.07) is 8.94. The van der Waals surface area contributed by atoms with Crippen molar-refractivity contribution < 1.29 is 9.15 Å². The van der Waals surface area contributed by atoms with Gasteiger partial charge in [0.25, 0.3) is 5.56 Å². The molecule has 0 amide bonds. The Morgan fingerprint density at radius 1 is 1.03 bits per heavy atom. The molecule has 29 heavy (non-hydrogen) atoms. The SMILES string of the molecule is Cc1ccc(CN2C[C@@H]3C[C@H](C2)c2ccc(CN4C[C@H]5C[C@@H]4CO5)c(=O)n2C3)o1. The molecule has 3 saturated heterocycles. The van der Waals surface area contributed by atoms with Gasteiger partial charge in [0.05, 0.1) is 19.3 Å². The average molecular weight is 396 g/mol. The van der Waals surface area contributed by atoms with E-state index in [1.807, 2.05) is 13.0 Å². The summed E-state index contributed by atoms with van der Waals surface area (Å²) in [5.41, 5.74) is 2.40. The van der Waals surface area contributed by atoms with E-state index < -0.39 is 0 Å². The number of morpholine rings is 1. The van der Waals surface area contributed by atoms with Gasteiger partial charge in [-0.1, -0.05) is 6.07 Å². The van der Waals surface area contributed by atoms with Crippen molar-refractivity contribution in [2.24, 2.45) is 5.92 Å². The van der Waals surface area contributed by atoms with Crippen LogP contribution < -0.4 is 5.56 Å². The Hall–Kier alpha value is -1.89. The molecule has 6 rings (SSSR count). The molecule has 0 N–H and O–H groups in total. The molecular weight excluding hydrogens is 366 g/mol. The van der Waals surface area contributed by atoms with Crippen LogP contribution in [-0.4, -0.2) is 52.8 Å². The van der Waals surface area contributed by atoms with E-state index in [2.05, 4.69) is 32.6 Å². The second kappa shape index (κ2) is 6.83. The van der Waals surface area contributed by atoms with Gasteiger partial charge < -0.3 is 13.7 Å². The van der Waals surface area contributed by atoms with Crippen LogP contribution in [0.5, 0.6) is 0 Å². The molecule has 6 heterocycles. The minimum absolute atomic E-state index is 0.232. The van der Waals surface area contributed by atoms with E-state index in [-0.39, 0.29) is 5.56 Å². The number of piperidine rings is 1. The highest BCUT2D eigenvalue weighted by Crippen LogP contribution is 2.36. The molecule has 0 saturated carbocycles. The van der Waals surface area contributed by atoms with Gasteiger partial charge in [-0.3, -0.25) is 14.6 Å². The van der Waals surface area contributed by atoms with E-state index in [1.165, 1.54) is 12.1 Å². The molecule has 4 aliphatic heterocycles. The summed E-state index contributed by atoms with van der Waals surface area (Å²) in [6.07, 6.45) is 2.70. The van der Waals surface area contributed by atoms with Crippen molar-refractivity contribution in [3.05, 3.63) is 57.4 Å². The van der Waals surface area contributed by atoms with Crippen LogP contribution in [-0.2, 0) is 24.4 Å². The van der Waals surface area contributed by atoms with Crippen LogP contribution in [0, 0.1) is 12.8 Å². The molecule has 6 nitrogen and oxygen atoms in total. The molecule has 2 aromatic heterocycles. The van der Waals surface area contributed by atoms with Crippen LogP contribution in [0.1, 0.15) is 41.5 Å². The highest BCUT2D eigenvalue weighted by molar-refractivity contribution is 5.23. The third-order valence-corrected chi connectivity index (χ3v) is 7.32. The Morgan fingerprint density at radius 3 is 2.72 bits per heavy atom. The van der Waals surface area contributed by atoms with Crippen molar-refractivity contribution in [1.29, 1.82) is 0 Å². The van der Waals surface area contributed by atoms with Crippen molar-refractivity contribution in [2.75, 3.05) is 26.2 Å². The lowest BCUT2D eigenvalue weighted by Crippen LogP contribution is -2.47. The maximum Gasteiger partial charge on any atom is 0.255 e.